The van der Waals surface area contributed by atoms with Crippen molar-refractivity contribution in [1.29, 1.82) is 5.26 Å². The number of nitrogens with one attached hydrogen (secondary N) is 1. The van der Waals surface area contributed by atoms with Gasteiger partial charge in [-0.1, -0.05) is 12.1 Å². The van der Waals surface area contributed by atoms with E-state index >= 15 is 0 Å². The standard InChI is InChI=1S/C19H16N4O3/c1-22-16-7-6-12(9-17(16)23(2)19(22)26)8-13(11-20)18(25)21-14-4-3-5-15(24)10-14/h3-10,24H,1-2H3,(H,21,25). The summed E-state index contributed by atoms with van der Waals surface area (Å²) < 4.78 is 3.04. The number of phenols is 1. The first-order chi connectivity index (χ1) is 12.4. The van der Waals surface area contributed by atoms with Crippen molar-refractivity contribution in [2.24, 2.45) is 14.1 Å². The summed E-state index contributed by atoms with van der Waals surface area (Å²) >= 11 is 0. The number of carbonyl (C=O) groups is 1. The van der Waals surface area contributed by atoms with Gasteiger partial charge in [-0.3, -0.25) is 13.9 Å². The summed E-state index contributed by atoms with van der Waals surface area (Å²) in [4.78, 5) is 24.3. The predicted molar refractivity (Wildman–Crippen MR) is 98.5 cm³/mol. The van der Waals surface area contributed by atoms with Crippen LogP contribution in [0.5, 0.6) is 5.75 Å². The van der Waals surface area contributed by atoms with E-state index in [1.807, 2.05) is 6.07 Å². The molecule has 0 saturated carbocycles. The maximum absolute atomic E-state index is 12.3. The van der Waals surface area contributed by atoms with Crippen LogP contribution in [0.3, 0.4) is 0 Å². The minimum atomic E-state index is -0.583. The van der Waals surface area contributed by atoms with Crippen molar-refractivity contribution in [3.8, 4) is 11.8 Å². The summed E-state index contributed by atoms with van der Waals surface area (Å²) in [5.74, 6) is -0.569. The van der Waals surface area contributed by atoms with Gasteiger partial charge in [0.1, 0.15) is 17.4 Å². The fraction of sp³-hybridized carbons (Fsp3) is 0.105. The molecule has 1 aromatic heterocycles. The molecule has 3 rings (SSSR count). The zero-order valence-electron chi connectivity index (χ0n) is 14.2. The molecule has 26 heavy (non-hydrogen) atoms. The molecule has 0 spiro atoms. The highest BCUT2D eigenvalue weighted by Crippen LogP contribution is 2.18. The summed E-state index contributed by atoms with van der Waals surface area (Å²) in [6.45, 7) is 0. The van der Waals surface area contributed by atoms with Crippen LogP contribution < -0.4 is 11.0 Å². The molecule has 0 aliphatic rings. The largest absolute Gasteiger partial charge is 0.508 e. The van der Waals surface area contributed by atoms with Crippen LogP contribution >= 0.6 is 0 Å². The van der Waals surface area contributed by atoms with E-state index in [0.717, 1.165) is 5.52 Å². The molecule has 1 heterocycles. The Morgan fingerprint density at radius 1 is 1.15 bits per heavy atom. The van der Waals surface area contributed by atoms with E-state index in [4.69, 9.17) is 0 Å². The van der Waals surface area contributed by atoms with E-state index < -0.39 is 5.91 Å². The summed E-state index contributed by atoms with van der Waals surface area (Å²) in [6.07, 6.45) is 1.45. The van der Waals surface area contributed by atoms with Crippen molar-refractivity contribution in [3.63, 3.8) is 0 Å². The smallest absolute Gasteiger partial charge is 0.328 e. The first kappa shape index (κ1) is 17.0. The van der Waals surface area contributed by atoms with E-state index in [2.05, 4.69) is 5.32 Å². The number of imidazole rings is 1. The Morgan fingerprint density at radius 3 is 2.58 bits per heavy atom. The molecule has 3 aromatic rings. The predicted octanol–water partition coefficient (Wildman–Crippen LogP) is 2.13. The van der Waals surface area contributed by atoms with Gasteiger partial charge in [0.15, 0.2) is 0 Å². The number of nitriles is 1. The highest BCUT2D eigenvalue weighted by atomic mass is 16.3. The lowest BCUT2D eigenvalue weighted by Crippen LogP contribution is -2.19. The molecule has 2 N–H and O–H groups in total. The molecule has 130 valence electrons. The molecule has 0 fully saturated rings. The summed E-state index contributed by atoms with van der Waals surface area (Å²) in [5, 5.41) is 21.3. The second kappa shape index (κ2) is 6.61. The lowest BCUT2D eigenvalue weighted by Gasteiger charge is -2.05. The van der Waals surface area contributed by atoms with Gasteiger partial charge in [-0.2, -0.15) is 5.26 Å². The van der Waals surface area contributed by atoms with Crippen LogP contribution in [0.15, 0.2) is 52.8 Å². The number of amides is 1. The molecule has 0 aliphatic heterocycles. The molecule has 1 amide bonds. The van der Waals surface area contributed by atoms with Crippen LogP contribution in [0.25, 0.3) is 17.1 Å². The second-order valence-corrected chi connectivity index (χ2v) is 5.82. The number of nitrogens with zero attached hydrogens (tertiary/aromatic N) is 3. The zero-order chi connectivity index (χ0) is 18.8. The van der Waals surface area contributed by atoms with Crippen LogP contribution in [0.1, 0.15) is 5.56 Å². The van der Waals surface area contributed by atoms with Crippen LogP contribution in [0.4, 0.5) is 5.69 Å². The van der Waals surface area contributed by atoms with Crippen molar-refractivity contribution in [3.05, 3.63) is 64.1 Å². The SMILES string of the molecule is Cn1c(=O)n(C)c2cc(C=C(C#N)C(=O)Nc3cccc(O)c3)ccc21. The van der Waals surface area contributed by atoms with E-state index in [-0.39, 0.29) is 17.0 Å². The number of aromatic hydroxyl groups is 1. The minimum absolute atomic E-state index is 0.0146. The third-order valence-corrected chi connectivity index (χ3v) is 4.08. The molecule has 2 aromatic carbocycles. The van der Waals surface area contributed by atoms with Gasteiger partial charge in [-0.15, -0.1) is 0 Å². The number of aromatic nitrogens is 2. The van der Waals surface area contributed by atoms with Crippen molar-refractivity contribution in [1.82, 2.24) is 9.13 Å². The number of fused-ring (bicyclic) bond motifs is 1. The fourth-order valence-corrected chi connectivity index (χ4v) is 2.71. The Kier molecular flexibility index (Phi) is 4.33. The van der Waals surface area contributed by atoms with Crippen molar-refractivity contribution in [2.75, 3.05) is 5.32 Å². The summed E-state index contributed by atoms with van der Waals surface area (Å²) in [7, 11) is 3.35. The average molecular weight is 348 g/mol. The van der Waals surface area contributed by atoms with Crippen LogP contribution in [0.2, 0.25) is 0 Å². The van der Waals surface area contributed by atoms with Crippen molar-refractivity contribution < 1.29 is 9.90 Å². The maximum Gasteiger partial charge on any atom is 0.328 e. The number of anilines is 1. The van der Waals surface area contributed by atoms with Gasteiger partial charge < -0.3 is 10.4 Å². The highest BCUT2D eigenvalue weighted by Gasteiger charge is 2.12. The van der Waals surface area contributed by atoms with Gasteiger partial charge in [0.2, 0.25) is 0 Å². The third-order valence-electron chi connectivity index (χ3n) is 4.08. The molecule has 0 unspecified atom stereocenters. The average Bonchev–Trinajstić information content (AvgIpc) is 2.83. The molecular weight excluding hydrogens is 332 g/mol. The number of hydrogen-bond donors (Lipinski definition) is 2. The lowest BCUT2D eigenvalue weighted by atomic mass is 10.1. The van der Waals surface area contributed by atoms with Crippen LogP contribution in [-0.4, -0.2) is 20.1 Å². The Labute approximate surface area is 149 Å². The van der Waals surface area contributed by atoms with E-state index in [1.165, 1.54) is 27.3 Å². The second-order valence-electron chi connectivity index (χ2n) is 5.82. The van der Waals surface area contributed by atoms with Crippen LogP contribution in [0, 0.1) is 11.3 Å². The number of phenolic OH excluding ortho intramolecular Hbond substituents is 1. The minimum Gasteiger partial charge on any atom is -0.508 e. The molecule has 0 bridgehead atoms. The van der Waals surface area contributed by atoms with E-state index in [0.29, 0.717) is 16.8 Å². The Bertz CT molecular complexity index is 1150. The molecule has 0 saturated heterocycles. The number of rotatable bonds is 3. The molecule has 7 nitrogen and oxygen atoms in total. The van der Waals surface area contributed by atoms with E-state index in [1.54, 1.807) is 44.4 Å². The first-order valence-electron chi connectivity index (χ1n) is 7.78. The number of aryl methyl sites for hydroxylation is 2. The van der Waals surface area contributed by atoms with E-state index in [9.17, 15) is 20.0 Å². The van der Waals surface area contributed by atoms with Gasteiger partial charge in [0, 0.05) is 25.8 Å². The maximum atomic E-state index is 12.3. The molecule has 7 heteroatoms. The van der Waals surface area contributed by atoms with Gasteiger partial charge in [-0.05, 0) is 35.9 Å². The number of carbonyl (C=O) groups excluding carboxylic acids is 1. The molecule has 0 aliphatic carbocycles. The van der Waals surface area contributed by atoms with Gasteiger partial charge >= 0.3 is 5.69 Å². The Morgan fingerprint density at radius 2 is 1.88 bits per heavy atom. The Hall–Kier alpha value is -3.79. The fourth-order valence-electron chi connectivity index (χ4n) is 2.71. The normalized spacial score (nSPS) is 11.3. The van der Waals surface area contributed by atoms with Crippen molar-refractivity contribution >= 4 is 28.7 Å². The van der Waals surface area contributed by atoms with Crippen molar-refractivity contribution in [2.45, 2.75) is 0 Å². The quantitative estimate of drug-likeness (QED) is 0.559. The third kappa shape index (κ3) is 3.08. The summed E-state index contributed by atoms with van der Waals surface area (Å²) in [5.41, 5.74) is 2.24. The lowest BCUT2D eigenvalue weighted by molar-refractivity contribution is -0.112. The number of hydrogen-bond acceptors (Lipinski definition) is 4. The van der Waals surface area contributed by atoms with Gasteiger partial charge in [0.05, 0.1) is 11.0 Å². The van der Waals surface area contributed by atoms with Gasteiger partial charge in [0.25, 0.3) is 5.91 Å². The number of benzene rings is 2. The molecular formula is C19H16N4O3. The van der Waals surface area contributed by atoms with Crippen LogP contribution in [-0.2, 0) is 18.9 Å². The van der Waals surface area contributed by atoms with Gasteiger partial charge in [-0.25, -0.2) is 4.79 Å². The Balaban J connectivity index is 1.95. The zero-order valence-corrected chi connectivity index (χ0v) is 14.2. The topological polar surface area (TPSA) is 100 Å². The highest BCUT2D eigenvalue weighted by molar-refractivity contribution is 6.09. The monoisotopic (exact) mass is 348 g/mol. The molecule has 0 radical (unpaired) electrons. The first-order valence-corrected chi connectivity index (χ1v) is 7.78. The summed E-state index contributed by atoms with van der Waals surface area (Å²) in [6, 6.07) is 13.2. The molecule has 0 atom stereocenters.